The highest BCUT2D eigenvalue weighted by Gasteiger charge is 2.22. The number of nitrogens with zero attached hydrogens (tertiary/aromatic N) is 1. The summed E-state index contributed by atoms with van der Waals surface area (Å²) in [5.74, 6) is 0.910. The number of benzene rings is 1. The summed E-state index contributed by atoms with van der Waals surface area (Å²) in [4.78, 5) is 14.0. The Bertz CT molecular complexity index is 458. The fourth-order valence-corrected chi connectivity index (χ4v) is 2.11. The van der Waals surface area contributed by atoms with E-state index in [4.69, 9.17) is 9.47 Å². The monoisotopic (exact) mass is 295 g/mol. The second kappa shape index (κ2) is 8.52. The lowest BCUT2D eigenvalue weighted by Gasteiger charge is -2.25. The topological polar surface area (TPSA) is 59.0 Å². The van der Waals surface area contributed by atoms with Crippen LogP contribution < -0.4 is 9.47 Å². The lowest BCUT2D eigenvalue weighted by molar-refractivity contribution is -0.137. The fourth-order valence-electron chi connectivity index (χ4n) is 2.11. The SMILES string of the molecule is CCOc1cccc(CO)c1OC(C)C(=O)N(CC)CC. The van der Waals surface area contributed by atoms with Crippen LogP contribution in [-0.4, -0.2) is 41.7 Å². The predicted molar refractivity (Wildman–Crippen MR) is 81.6 cm³/mol. The third-order valence-electron chi connectivity index (χ3n) is 3.25. The summed E-state index contributed by atoms with van der Waals surface area (Å²) >= 11 is 0. The number of amides is 1. The standard InChI is InChI=1S/C16H25NO4/c1-5-17(6-2)16(19)12(4)21-15-13(11-18)9-8-10-14(15)20-7-3/h8-10,12,18H,5-7,11H2,1-4H3. The van der Waals surface area contributed by atoms with Crippen molar-refractivity contribution in [2.24, 2.45) is 0 Å². The zero-order valence-electron chi connectivity index (χ0n) is 13.3. The molecule has 5 nitrogen and oxygen atoms in total. The molecule has 1 aromatic carbocycles. The Kier molecular flexibility index (Phi) is 7.02. The van der Waals surface area contributed by atoms with Crippen molar-refractivity contribution in [3.8, 4) is 11.5 Å². The molecular formula is C16H25NO4. The quantitative estimate of drug-likeness (QED) is 0.799. The van der Waals surface area contributed by atoms with Gasteiger partial charge in [-0.2, -0.15) is 0 Å². The van der Waals surface area contributed by atoms with Gasteiger partial charge < -0.3 is 19.5 Å². The summed E-state index contributed by atoms with van der Waals surface area (Å²) in [6.45, 7) is 9.06. The van der Waals surface area contributed by atoms with E-state index in [1.807, 2.05) is 20.8 Å². The van der Waals surface area contributed by atoms with Gasteiger partial charge in [0.25, 0.3) is 5.91 Å². The van der Waals surface area contributed by atoms with Gasteiger partial charge in [-0.05, 0) is 33.8 Å². The molecule has 1 N–H and O–H groups in total. The highest BCUT2D eigenvalue weighted by molar-refractivity contribution is 5.81. The van der Waals surface area contributed by atoms with Crippen molar-refractivity contribution in [1.82, 2.24) is 4.90 Å². The van der Waals surface area contributed by atoms with Gasteiger partial charge in [0, 0.05) is 18.7 Å². The van der Waals surface area contributed by atoms with Crippen LogP contribution in [0.15, 0.2) is 18.2 Å². The third-order valence-corrected chi connectivity index (χ3v) is 3.25. The Labute approximate surface area is 126 Å². The number of para-hydroxylation sites is 1. The molecule has 0 aliphatic rings. The van der Waals surface area contributed by atoms with Crippen molar-refractivity contribution in [2.75, 3.05) is 19.7 Å². The number of hydrogen-bond acceptors (Lipinski definition) is 4. The average molecular weight is 295 g/mol. The normalized spacial score (nSPS) is 11.9. The summed E-state index contributed by atoms with van der Waals surface area (Å²) in [5, 5.41) is 9.43. The number of hydrogen-bond donors (Lipinski definition) is 1. The van der Waals surface area contributed by atoms with Gasteiger partial charge in [0.1, 0.15) is 0 Å². The smallest absolute Gasteiger partial charge is 0.263 e. The Morgan fingerprint density at radius 2 is 1.95 bits per heavy atom. The summed E-state index contributed by atoms with van der Waals surface area (Å²) < 4.78 is 11.3. The second-order valence-electron chi connectivity index (χ2n) is 4.61. The van der Waals surface area contributed by atoms with E-state index in [2.05, 4.69) is 0 Å². The number of aliphatic hydroxyl groups is 1. The van der Waals surface area contributed by atoms with Gasteiger partial charge in [-0.3, -0.25) is 4.79 Å². The highest BCUT2D eigenvalue weighted by atomic mass is 16.5. The first-order valence-electron chi connectivity index (χ1n) is 7.39. The molecular weight excluding hydrogens is 270 g/mol. The molecule has 1 atom stereocenters. The first kappa shape index (κ1) is 17.3. The van der Waals surface area contributed by atoms with Gasteiger partial charge in [0.2, 0.25) is 0 Å². The molecule has 1 rings (SSSR count). The molecule has 21 heavy (non-hydrogen) atoms. The Morgan fingerprint density at radius 1 is 1.29 bits per heavy atom. The van der Waals surface area contributed by atoms with Crippen molar-refractivity contribution < 1.29 is 19.4 Å². The Balaban J connectivity index is 2.97. The number of aliphatic hydroxyl groups excluding tert-OH is 1. The second-order valence-corrected chi connectivity index (χ2v) is 4.61. The lowest BCUT2D eigenvalue weighted by atomic mass is 10.2. The van der Waals surface area contributed by atoms with Crippen molar-refractivity contribution in [3.05, 3.63) is 23.8 Å². The molecule has 0 fully saturated rings. The molecule has 1 amide bonds. The van der Waals surface area contributed by atoms with E-state index in [1.165, 1.54) is 0 Å². The van der Waals surface area contributed by atoms with E-state index in [0.29, 0.717) is 36.8 Å². The predicted octanol–water partition coefficient (Wildman–Crippen LogP) is 2.21. The Morgan fingerprint density at radius 3 is 2.48 bits per heavy atom. The minimum absolute atomic E-state index is 0.0739. The van der Waals surface area contributed by atoms with Crippen LogP contribution >= 0.6 is 0 Å². The molecule has 0 radical (unpaired) electrons. The number of ether oxygens (including phenoxy) is 2. The number of carbonyl (C=O) groups excluding carboxylic acids is 1. The Hall–Kier alpha value is -1.75. The summed E-state index contributed by atoms with van der Waals surface area (Å²) in [6.07, 6.45) is -0.628. The van der Waals surface area contributed by atoms with E-state index >= 15 is 0 Å². The maximum atomic E-state index is 12.3. The molecule has 0 aliphatic carbocycles. The van der Waals surface area contributed by atoms with Crippen LogP contribution in [0, 0.1) is 0 Å². The van der Waals surface area contributed by atoms with Crippen LogP contribution in [0.4, 0.5) is 0 Å². The van der Waals surface area contributed by atoms with Crippen LogP contribution in [0.1, 0.15) is 33.3 Å². The fraction of sp³-hybridized carbons (Fsp3) is 0.562. The van der Waals surface area contributed by atoms with Crippen molar-refractivity contribution >= 4 is 5.91 Å². The highest BCUT2D eigenvalue weighted by Crippen LogP contribution is 2.32. The van der Waals surface area contributed by atoms with Crippen LogP contribution in [0.5, 0.6) is 11.5 Å². The zero-order valence-corrected chi connectivity index (χ0v) is 13.3. The maximum Gasteiger partial charge on any atom is 0.263 e. The van der Waals surface area contributed by atoms with Crippen molar-refractivity contribution in [3.63, 3.8) is 0 Å². The van der Waals surface area contributed by atoms with E-state index < -0.39 is 6.10 Å². The molecule has 0 aliphatic heterocycles. The average Bonchev–Trinajstić information content (AvgIpc) is 2.50. The van der Waals surface area contributed by atoms with E-state index in [-0.39, 0.29) is 12.5 Å². The van der Waals surface area contributed by atoms with E-state index in [0.717, 1.165) is 0 Å². The van der Waals surface area contributed by atoms with Crippen LogP contribution in [0.25, 0.3) is 0 Å². The molecule has 0 heterocycles. The zero-order chi connectivity index (χ0) is 15.8. The molecule has 1 unspecified atom stereocenters. The van der Waals surface area contributed by atoms with E-state index in [1.54, 1.807) is 30.0 Å². The van der Waals surface area contributed by atoms with Crippen LogP contribution in [-0.2, 0) is 11.4 Å². The van der Waals surface area contributed by atoms with Crippen LogP contribution in [0.3, 0.4) is 0 Å². The van der Waals surface area contributed by atoms with Gasteiger partial charge in [-0.15, -0.1) is 0 Å². The van der Waals surface area contributed by atoms with Gasteiger partial charge in [-0.25, -0.2) is 0 Å². The van der Waals surface area contributed by atoms with Crippen molar-refractivity contribution in [1.29, 1.82) is 0 Å². The molecule has 118 valence electrons. The molecule has 5 heteroatoms. The molecule has 0 saturated heterocycles. The van der Waals surface area contributed by atoms with Gasteiger partial charge in [0.15, 0.2) is 17.6 Å². The maximum absolute atomic E-state index is 12.3. The first-order chi connectivity index (χ1) is 10.1. The largest absolute Gasteiger partial charge is 0.490 e. The summed E-state index contributed by atoms with van der Waals surface area (Å²) in [7, 11) is 0. The number of carbonyl (C=O) groups is 1. The first-order valence-corrected chi connectivity index (χ1v) is 7.39. The molecule has 0 aromatic heterocycles. The van der Waals surface area contributed by atoms with Crippen LogP contribution in [0.2, 0.25) is 0 Å². The van der Waals surface area contributed by atoms with E-state index in [9.17, 15) is 9.90 Å². The van der Waals surface area contributed by atoms with Gasteiger partial charge in [-0.1, -0.05) is 12.1 Å². The number of rotatable bonds is 8. The third kappa shape index (κ3) is 4.36. The summed E-state index contributed by atoms with van der Waals surface area (Å²) in [5.41, 5.74) is 0.611. The minimum Gasteiger partial charge on any atom is -0.490 e. The number of likely N-dealkylation sites (N-methyl/N-ethyl adjacent to an activating group) is 1. The molecule has 0 bridgehead atoms. The summed E-state index contributed by atoms with van der Waals surface area (Å²) in [6, 6.07) is 5.32. The molecule has 1 aromatic rings. The minimum atomic E-state index is -0.628. The molecule has 0 spiro atoms. The van der Waals surface area contributed by atoms with Gasteiger partial charge in [0.05, 0.1) is 13.2 Å². The lowest BCUT2D eigenvalue weighted by Crippen LogP contribution is -2.40. The van der Waals surface area contributed by atoms with Crippen molar-refractivity contribution in [2.45, 2.75) is 40.4 Å². The van der Waals surface area contributed by atoms with Gasteiger partial charge >= 0.3 is 0 Å². The molecule has 0 saturated carbocycles.